The summed E-state index contributed by atoms with van der Waals surface area (Å²) in [5.41, 5.74) is 4.33. The molecule has 8 aromatic rings. The maximum absolute atomic E-state index is 16.0. The zero-order valence-electron chi connectivity index (χ0n) is 75.4. The van der Waals surface area contributed by atoms with E-state index in [1.165, 1.54) is 0 Å². The minimum atomic E-state index is -4.84. The van der Waals surface area contributed by atoms with Crippen LogP contribution in [-0.2, 0) is 99.8 Å². The summed E-state index contributed by atoms with van der Waals surface area (Å²) < 4.78 is 248. The lowest BCUT2D eigenvalue weighted by atomic mass is 10.1. The van der Waals surface area contributed by atoms with Crippen LogP contribution in [0.2, 0.25) is 0 Å². The highest BCUT2D eigenvalue weighted by Gasteiger charge is 2.62. The molecule has 8 aliphatic rings. The lowest BCUT2D eigenvalue weighted by molar-refractivity contribution is -0.205. The van der Waals surface area contributed by atoms with Crippen LogP contribution in [0.5, 0.6) is 23.0 Å². The molecule has 4 saturated heterocycles. The number of nitrogens with one attached hydrogen (secondary N) is 4. The molecule has 0 radical (unpaired) electrons. The van der Waals surface area contributed by atoms with Crippen LogP contribution >= 0.6 is 80.2 Å². The summed E-state index contributed by atoms with van der Waals surface area (Å²) in [5.74, 6) is -5.04. The van der Waals surface area contributed by atoms with Crippen molar-refractivity contribution in [2.75, 3.05) is 26.3 Å². The number of alkyl halides is 4. The van der Waals surface area contributed by atoms with Crippen molar-refractivity contribution in [3.8, 4) is 72.4 Å². The molecule has 4 aromatic carbocycles. The fourth-order valence-corrected chi connectivity index (χ4v) is 19.9. The molecule has 4 fully saturated rings. The van der Waals surface area contributed by atoms with Gasteiger partial charge in [-0.2, -0.15) is 0 Å². The van der Waals surface area contributed by atoms with Crippen molar-refractivity contribution >= 4 is 80.2 Å². The average molecular weight is 2000 g/mol. The Morgan fingerprint density at radius 1 is 0.402 bits per heavy atom. The van der Waals surface area contributed by atoms with Crippen molar-refractivity contribution in [3.63, 3.8) is 0 Å². The summed E-state index contributed by atoms with van der Waals surface area (Å²) in [7, 11) is -18.2. The summed E-state index contributed by atoms with van der Waals surface area (Å²) in [6.45, 7) is 3.51. The fourth-order valence-electron chi connectivity index (χ4n) is 14.0. The third-order valence-electron chi connectivity index (χ3n) is 20.3. The summed E-state index contributed by atoms with van der Waals surface area (Å²) in [6, 6.07) is 14.0. The maximum atomic E-state index is 16.0. The van der Waals surface area contributed by atoms with E-state index in [-0.39, 0.29) is 75.5 Å². The van der Waals surface area contributed by atoms with Gasteiger partial charge in [0.2, 0.25) is 0 Å². The second-order valence-electron chi connectivity index (χ2n) is 30.2. The molecular formula is C80H80F4N8O32P4S4. The number of nitrogens with zero attached hydrogens (tertiary/aromatic N) is 4. The zero-order chi connectivity index (χ0) is 102. The first-order valence-electron chi connectivity index (χ1n) is 41.2. The van der Waals surface area contributed by atoms with E-state index in [1.807, 2.05) is 39.7 Å². The van der Waals surface area contributed by atoms with E-state index in [1.54, 1.807) is 70.2 Å². The number of aliphatic hydroxyl groups excluding tert-OH is 8. The van der Waals surface area contributed by atoms with Crippen molar-refractivity contribution < 1.29 is 158 Å². The van der Waals surface area contributed by atoms with E-state index in [2.05, 4.69) is 37.7 Å². The van der Waals surface area contributed by atoms with E-state index in [0.717, 1.165) is 56.2 Å². The number of phosphoric ester groups is 4. The first-order chi connectivity index (χ1) is 64.1. The van der Waals surface area contributed by atoms with E-state index in [9.17, 15) is 78.3 Å². The molecule has 0 bridgehead atoms. The number of benzene rings is 4. The topological polar surface area (TPSA) is 529 Å². The van der Waals surface area contributed by atoms with Gasteiger partial charge in [0.25, 0.3) is 45.7 Å². The molecule has 16 rings (SSSR count). The number of hydrogen-bond donors (Lipinski definition) is 12. The van der Waals surface area contributed by atoms with Crippen molar-refractivity contribution in [2.45, 2.75) is 179 Å². The number of aromatic nitrogens is 8. The van der Waals surface area contributed by atoms with Gasteiger partial charge in [-0.25, -0.2) is 35.8 Å². The molecule has 132 heavy (non-hydrogen) atoms. The summed E-state index contributed by atoms with van der Waals surface area (Å²) >= 11 is 19.9. The Balaban J connectivity index is 0.000000155. The number of ether oxygens (including phenoxy) is 4. The van der Waals surface area contributed by atoms with Gasteiger partial charge in [-0.3, -0.25) is 93.6 Å². The molecule has 0 spiro atoms. The zero-order valence-corrected chi connectivity index (χ0v) is 76.2. The lowest BCUT2D eigenvalue weighted by Gasteiger charge is -2.29. The minimum Gasteiger partial charge on any atom is -0.403 e. The van der Waals surface area contributed by atoms with Crippen LogP contribution in [0.15, 0.2) is 92.5 Å². The molecule has 704 valence electrons. The average Bonchev–Trinajstić information content (AvgIpc) is 1.56. The first kappa shape index (κ1) is 91.7. The Hall–Kier alpha value is -9.44. The van der Waals surface area contributed by atoms with Gasteiger partial charge in [-0.05, 0) is 127 Å². The van der Waals surface area contributed by atoms with Gasteiger partial charge in [-0.1, -0.05) is 94.5 Å². The van der Waals surface area contributed by atoms with Crippen LogP contribution in [0.4, 0.5) is 17.6 Å². The van der Waals surface area contributed by atoms with Crippen LogP contribution in [-0.4, -0.2) is 178 Å². The minimum absolute atomic E-state index is 0.0861. The number of aryl methyl sites for hydroxylation is 8. The normalized spacial score (nSPS) is 33.0. The van der Waals surface area contributed by atoms with Crippen LogP contribution < -0.4 is 40.3 Å². The van der Waals surface area contributed by atoms with Gasteiger partial charge in [-0.15, -0.1) is 25.7 Å². The van der Waals surface area contributed by atoms with E-state index >= 15 is 17.6 Å². The van der Waals surface area contributed by atoms with Gasteiger partial charge in [0.1, 0.15) is 120 Å². The largest absolute Gasteiger partial charge is 0.530 e. The molecule has 4 unspecified atom stereocenters. The number of H-pyrrole nitrogens is 4. The highest BCUT2D eigenvalue weighted by atomic mass is 32.1. The molecule has 20 atom stereocenters. The number of aromatic amines is 4. The molecule has 8 aliphatic heterocycles. The quantitative estimate of drug-likeness (QED) is 0.0186. The van der Waals surface area contributed by atoms with E-state index in [0.29, 0.717) is 59.4 Å². The molecule has 12 N–H and O–H groups in total. The Morgan fingerprint density at radius 3 is 0.939 bits per heavy atom. The van der Waals surface area contributed by atoms with Gasteiger partial charge in [0.05, 0.1) is 34.7 Å². The molecule has 0 aliphatic carbocycles. The highest BCUT2D eigenvalue weighted by Crippen LogP contribution is 2.61. The predicted octanol–water partition coefficient (Wildman–Crippen LogP) is 8.62. The van der Waals surface area contributed by atoms with Gasteiger partial charge in [0.15, 0.2) is 43.9 Å². The lowest BCUT2D eigenvalue weighted by Crippen LogP contribution is -2.43. The van der Waals surface area contributed by atoms with Crippen LogP contribution in [0.25, 0.3) is 0 Å². The predicted molar refractivity (Wildman–Crippen MR) is 459 cm³/mol. The highest BCUT2D eigenvalue weighted by molar-refractivity contribution is 7.71. The Morgan fingerprint density at radius 2 is 0.636 bits per heavy atom. The second-order valence-corrected chi connectivity index (χ2v) is 38.0. The third kappa shape index (κ3) is 20.4. The number of fused-ring (bicyclic) bond motifs is 4. The van der Waals surface area contributed by atoms with E-state index in [4.69, 9.17) is 156 Å². The van der Waals surface area contributed by atoms with Gasteiger partial charge < -0.3 is 77.9 Å². The second kappa shape index (κ2) is 38.4. The van der Waals surface area contributed by atoms with E-state index < -0.39 is 187 Å². The molecule has 0 amide bonds. The number of halogens is 4. The third-order valence-corrected chi connectivity index (χ3v) is 26.5. The summed E-state index contributed by atoms with van der Waals surface area (Å²) in [4.78, 5) is 56.0. The molecule has 4 aromatic heterocycles. The summed E-state index contributed by atoms with van der Waals surface area (Å²) in [6.07, 6.45) is -2.93. The Kier molecular flexibility index (Phi) is 26.7. The molecule has 40 nitrogen and oxygen atoms in total. The van der Waals surface area contributed by atoms with Gasteiger partial charge in [0, 0.05) is 47.0 Å². The van der Waals surface area contributed by atoms with Gasteiger partial charge >= 0.3 is 31.3 Å². The van der Waals surface area contributed by atoms with Crippen LogP contribution in [0.1, 0.15) is 122 Å². The molecule has 52 heteroatoms. The maximum Gasteiger partial charge on any atom is 0.530 e. The van der Waals surface area contributed by atoms with Crippen LogP contribution in [0.3, 0.4) is 0 Å². The standard InChI is InChI=1S/4C20H20FN2O8PS/c4*1-4-12-7-23(19(33)22-17(12)26)18-14(24)16(25)20(21,30-18)9-29-32(27)28-8-13-6-10(2)5-11(3)15(13)31-32/h4*1,5-7,14,16,18,24-25H,8-9H2,2-3H3,(H,22,26,33)/t4*14-,16+,18-,20-,32?/m1111/s1/i9D2,18D;18D;9D2;. The van der Waals surface area contributed by atoms with Crippen molar-refractivity contribution in [1.82, 2.24) is 38.2 Å². The number of rotatable bonds is 16. The number of phosphoric acid groups is 4. The fraction of sp³-hybridized carbons (Fsp3) is 0.400. The monoisotopic (exact) mass is 2000 g/mol. The molecular weight excluding hydrogens is 1910 g/mol. The molecule has 12 heterocycles. The number of terminal acetylenes is 4. The number of hydrogen-bond acceptors (Lipinski definition) is 36. The molecule has 0 saturated carbocycles. The smallest absolute Gasteiger partial charge is 0.403 e. The SMILES string of the molecule is C#Cc1cn([C@@H]2O[C@](F)(COP3(=O)OCc4cc(C)cc(C)c4O3)[C@@H](O)[C@H]2O)c(=S)[nH]c1=O.[2H]C([2H])(OP1(=O)OCc2cc(C)cc(C)c2O1)[C@@]1(F)O[C@@H](n2cc(C#C)c(=O)[nH]c2=S)[C@H](O)[C@@H]1O.[2H]C([2H])(OP1(=O)OCc2cc(C)cc(C)c2O1)[C@@]1(F)O[C@@]([2H])(n2cc(C#C)c(=O)[nH]c2=S)[C@H](O)[C@@H]1O.[2H][C@@]1(n2cc(C#C)c(=O)[nH]c2=S)O[C@](F)(COP2(=O)OCc3cc(C)cc(C)c3O2)[C@@H](O)[C@H]1O. The Labute approximate surface area is 773 Å². The van der Waals surface area contributed by atoms with Crippen molar-refractivity contribution in [1.29, 1.82) is 0 Å². The van der Waals surface area contributed by atoms with Crippen molar-refractivity contribution in [3.05, 3.63) is 223 Å². The Bertz CT molecular complexity index is 7240. The first-order valence-corrected chi connectivity index (χ1v) is 45.7. The van der Waals surface area contributed by atoms with Crippen LogP contribution in [0, 0.1) is 124 Å². The summed E-state index contributed by atoms with van der Waals surface area (Å²) in [5, 5.41) is 83.3. The van der Waals surface area contributed by atoms with Crippen molar-refractivity contribution in [2.24, 2.45) is 0 Å². The number of aliphatic hydroxyl groups is 8.